The molecular formula is C14H18ClN3O3. The number of carbonyl (C=O) groups is 2. The lowest BCUT2D eigenvalue weighted by molar-refractivity contribution is -0.150. The van der Waals surface area contributed by atoms with Crippen molar-refractivity contribution in [1.82, 2.24) is 9.88 Å². The van der Waals surface area contributed by atoms with Crippen molar-refractivity contribution < 1.29 is 14.7 Å². The van der Waals surface area contributed by atoms with Crippen LogP contribution >= 0.6 is 11.6 Å². The summed E-state index contributed by atoms with van der Waals surface area (Å²) in [6.45, 7) is 2.91. The second kappa shape index (κ2) is 6.30. The van der Waals surface area contributed by atoms with Crippen LogP contribution in [0.4, 0.5) is 5.82 Å². The summed E-state index contributed by atoms with van der Waals surface area (Å²) < 4.78 is 0. The summed E-state index contributed by atoms with van der Waals surface area (Å²) in [6.07, 6.45) is 1.53. The summed E-state index contributed by atoms with van der Waals surface area (Å²) in [6, 6.07) is 3.47. The number of aliphatic carboxylic acids is 1. The van der Waals surface area contributed by atoms with Gasteiger partial charge in [0.25, 0.3) is 0 Å². The molecule has 0 aromatic carbocycles. The minimum atomic E-state index is -0.811. The number of aromatic nitrogens is 1. The molecule has 114 valence electrons. The molecule has 0 aliphatic carbocycles. The van der Waals surface area contributed by atoms with Crippen LogP contribution < -0.4 is 4.90 Å². The monoisotopic (exact) mass is 311 g/mol. The smallest absolute Gasteiger partial charge is 0.306 e. The molecule has 1 aliphatic rings. The summed E-state index contributed by atoms with van der Waals surface area (Å²) in [5, 5.41) is 9.48. The van der Waals surface area contributed by atoms with Gasteiger partial charge >= 0.3 is 5.97 Å². The van der Waals surface area contributed by atoms with Crippen LogP contribution in [0.2, 0.25) is 5.02 Å². The van der Waals surface area contributed by atoms with Crippen molar-refractivity contribution in [1.29, 1.82) is 0 Å². The van der Waals surface area contributed by atoms with E-state index in [9.17, 15) is 9.59 Å². The van der Waals surface area contributed by atoms with Crippen LogP contribution in [0.1, 0.15) is 6.92 Å². The van der Waals surface area contributed by atoms with Gasteiger partial charge in [-0.1, -0.05) is 18.5 Å². The van der Waals surface area contributed by atoms with Gasteiger partial charge in [0.1, 0.15) is 5.82 Å². The summed E-state index contributed by atoms with van der Waals surface area (Å²) in [4.78, 5) is 30.5. The molecule has 1 unspecified atom stereocenters. The van der Waals surface area contributed by atoms with Gasteiger partial charge in [-0.3, -0.25) is 9.59 Å². The van der Waals surface area contributed by atoms with E-state index >= 15 is 0 Å². The van der Waals surface area contributed by atoms with Crippen molar-refractivity contribution in [3.05, 3.63) is 23.4 Å². The third-order valence-corrected chi connectivity index (χ3v) is 4.06. The van der Waals surface area contributed by atoms with Crippen LogP contribution in [0.3, 0.4) is 0 Å². The van der Waals surface area contributed by atoms with Crippen molar-refractivity contribution in [3.8, 4) is 0 Å². The predicted molar refractivity (Wildman–Crippen MR) is 79.4 cm³/mol. The number of anilines is 1. The Hall–Kier alpha value is -1.82. The van der Waals surface area contributed by atoms with Crippen LogP contribution in [-0.4, -0.2) is 53.5 Å². The zero-order valence-electron chi connectivity index (χ0n) is 12.0. The largest absolute Gasteiger partial charge is 0.481 e. The van der Waals surface area contributed by atoms with E-state index < -0.39 is 11.9 Å². The van der Waals surface area contributed by atoms with Crippen LogP contribution in [0.5, 0.6) is 0 Å². The zero-order chi connectivity index (χ0) is 15.6. The van der Waals surface area contributed by atoms with Gasteiger partial charge in [-0.2, -0.15) is 0 Å². The molecule has 6 nitrogen and oxygen atoms in total. The van der Waals surface area contributed by atoms with Gasteiger partial charge in [0, 0.05) is 32.3 Å². The van der Waals surface area contributed by atoms with E-state index in [-0.39, 0.29) is 18.4 Å². The molecule has 21 heavy (non-hydrogen) atoms. The predicted octanol–water partition coefficient (Wildman–Crippen LogP) is 1.35. The number of carboxylic acids is 1. The number of pyridine rings is 1. The number of hydrogen-bond acceptors (Lipinski definition) is 4. The fourth-order valence-corrected chi connectivity index (χ4v) is 2.32. The standard InChI is InChI=1S/C14H18ClN3O3/c1-9(14(20)21)10-6-18(7-10)13(19)8-17(2)12-4-3-11(15)5-16-12/h3-5,9-10H,6-8H2,1-2H3,(H,20,21). The van der Waals surface area contributed by atoms with E-state index in [4.69, 9.17) is 16.7 Å². The maximum atomic E-state index is 12.1. The number of likely N-dealkylation sites (N-methyl/N-ethyl adjacent to an activating group) is 1. The van der Waals surface area contributed by atoms with Crippen LogP contribution in [0.15, 0.2) is 18.3 Å². The summed E-state index contributed by atoms with van der Waals surface area (Å²) in [5.41, 5.74) is 0. The molecule has 0 radical (unpaired) electrons. The molecular weight excluding hydrogens is 294 g/mol. The van der Waals surface area contributed by atoms with E-state index in [1.165, 1.54) is 6.20 Å². The maximum Gasteiger partial charge on any atom is 0.306 e. The minimum Gasteiger partial charge on any atom is -0.481 e. The van der Waals surface area contributed by atoms with E-state index in [1.807, 2.05) is 0 Å². The van der Waals surface area contributed by atoms with E-state index in [1.54, 1.807) is 35.9 Å². The number of carboxylic acid groups (broad SMARTS) is 1. The third kappa shape index (κ3) is 3.64. The fraction of sp³-hybridized carbons (Fsp3) is 0.500. The van der Waals surface area contributed by atoms with E-state index in [0.29, 0.717) is 23.9 Å². The van der Waals surface area contributed by atoms with Crippen molar-refractivity contribution >= 4 is 29.3 Å². The quantitative estimate of drug-likeness (QED) is 0.888. The van der Waals surface area contributed by atoms with Crippen molar-refractivity contribution in [2.45, 2.75) is 6.92 Å². The Bertz CT molecular complexity index is 529. The molecule has 1 fully saturated rings. The topological polar surface area (TPSA) is 73.7 Å². The third-order valence-electron chi connectivity index (χ3n) is 3.83. The summed E-state index contributed by atoms with van der Waals surface area (Å²) >= 11 is 5.77. The maximum absolute atomic E-state index is 12.1. The Morgan fingerprint density at radius 1 is 1.52 bits per heavy atom. The Labute approximate surface area is 128 Å². The van der Waals surface area contributed by atoms with E-state index in [2.05, 4.69) is 4.98 Å². The molecule has 1 atom stereocenters. The Morgan fingerprint density at radius 3 is 2.71 bits per heavy atom. The average Bonchev–Trinajstić information content (AvgIpc) is 2.37. The first-order valence-corrected chi connectivity index (χ1v) is 7.09. The second-order valence-corrected chi connectivity index (χ2v) is 5.81. The van der Waals surface area contributed by atoms with Gasteiger partial charge in [0.15, 0.2) is 0 Å². The number of halogens is 1. The second-order valence-electron chi connectivity index (χ2n) is 5.38. The average molecular weight is 312 g/mol. The van der Waals surface area contributed by atoms with Gasteiger partial charge in [0.2, 0.25) is 5.91 Å². The molecule has 1 aromatic rings. The SMILES string of the molecule is CC(C(=O)O)C1CN(C(=O)CN(C)c2ccc(Cl)cn2)C1. The van der Waals surface area contributed by atoms with Gasteiger partial charge in [-0.05, 0) is 12.1 Å². The number of carbonyl (C=O) groups excluding carboxylic acids is 1. The van der Waals surface area contributed by atoms with E-state index in [0.717, 1.165) is 0 Å². The number of rotatable bonds is 5. The molecule has 0 saturated carbocycles. The highest BCUT2D eigenvalue weighted by molar-refractivity contribution is 6.30. The molecule has 2 heterocycles. The van der Waals surface area contributed by atoms with Gasteiger partial charge in [-0.25, -0.2) is 4.98 Å². The van der Waals surface area contributed by atoms with Crippen LogP contribution in [0.25, 0.3) is 0 Å². The normalized spacial score (nSPS) is 16.2. The molecule has 1 N–H and O–H groups in total. The van der Waals surface area contributed by atoms with Crippen molar-refractivity contribution in [3.63, 3.8) is 0 Å². The first kappa shape index (κ1) is 15.6. The van der Waals surface area contributed by atoms with Crippen LogP contribution in [-0.2, 0) is 9.59 Å². The fourth-order valence-electron chi connectivity index (χ4n) is 2.21. The lowest BCUT2D eigenvalue weighted by atomic mass is 9.87. The lowest BCUT2D eigenvalue weighted by Gasteiger charge is -2.41. The molecule has 0 bridgehead atoms. The number of nitrogens with zero attached hydrogens (tertiary/aromatic N) is 3. The number of likely N-dealkylation sites (tertiary alicyclic amines) is 1. The Morgan fingerprint density at radius 2 is 2.19 bits per heavy atom. The highest BCUT2D eigenvalue weighted by atomic mass is 35.5. The molecule has 1 saturated heterocycles. The van der Waals surface area contributed by atoms with Gasteiger partial charge in [0.05, 0.1) is 17.5 Å². The molecule has 0 spiro atoms. The first-order chi connectivity index (χ1) is 9.88. The highest BCUT2D eigenvalue weighted by Gasteiger charge is 2.37. The zero-order valence-corrected chi connectivity index (χ0v) is 12.7. The van der Waals surface area contributed by atoms with Gasteiger partial charge in [-0.15, -0.1) is 0 Å². The number of hydrogen-bond donors (Lipinski definition) is 1. The van der Waals surface area contributed by atoms with Crippen LogP contribution in [0, 0.1) is 11.8 Å². The first-order valence-electron chi connectivity index (χ1n) is 6.71. The Balaban J connectivity index is 1.83. The summed E-state index contributed by atoms with van der Waals surface area (Å²) in [5.74, 6) is -0.531. The minimum absolute atomic E-state index is 0.0249. The molecule has 1 aromatic heterocycles. The molecule has 7 heteroatoms. The lowest BCUT2D eigenvalue weighted by Crippen LogP contribution is -2.55. The van der Waals surface area contributed by atoms with Gasteiger partial charge < -0.3 is 14.9 Å². The summed E-state index contributed by atoms with van der Waals surface area (Å²) in [7, 11) is 1.78. The number of amides is 1. The van der Waals surface area contributed by atoms with Crippen molar-refractivity contribution in [2.75, 3.05) is 31.6 Å². The highest BCUT2D eigenvalue weighted by Crippen LogP contribution is 2.24. The molecule has 2 rings (SSSR count). The van der Waals surface area contributed by atoms with Crippen molar-refractivity contribution in [2.24, 2.45) is 11.8 Å². The molecule has 1 aliphatic heterocycles. The Kier molecular flexibility index (Phi) is 4.67. The molecule has 1 amide bonds.